The minimum Gasteiger partial charge on any atom is -0.343 e. The molecule has 2 heterocycles. The minimum absolute atomic E-state index is 0.00182. The van der Waals surface area contributed by atoms with Crippen molar-refractivity contribution < 1.29 is 14.4 Å². The Bertz CT molecular complexity index is 1080. The van der Waals surface area contributed by atoms with Gasteiger partial charge in [0.25, 0.3) is 0 Å². The van der Waals surface area contributed by atoms with Crippen LogP contribution in [0.4, 0.5) is 0 Å². The molecule has 1 aromatic carbocycles. The molecule has 3 fully saturated rings. The Morgan fingerprint density at radius 2 is 1.77 bits per heavy atom. The van der Waals surface area contributed by atoms with Gasteiger partial charge in [-0.3, -0.25) is 14.4 Å². The number of piperidine rings is 1. The number of fused-ring (bicyclic) bond motifs is 2. The molecule has 1 saturated carbocycles. The largest absolute Gasteiger partial charge is 0.343 e. The summed E-state index contributed by atoms with van der Waals surface area (Å²) in [6, 6.07) is 7.13. The molecule has 0 bridgehead atoms. The first-order valence-electron chi connectivity index (χ1n) is 15.8. The van der Waals surface area contributed by atoms with E-state index >= 15 is 0 Å². The van der Waals surface area contributed by atoms with Crippen molar-refractivity contribution in [1.82, 2.24) is 20.9 Å². The molecule has 1 aromatic rings. The highest BCUT2D eigenvalue weighted by Gasteiger charge is 2.41. The van der Waals surface area contributed by atoms with E-state index in [2.05, 4.69) is 59.3 Å². The number of rotatable bonds is 9. The van der Waals surface area contributed by atoms with E-state index in [9.17, 15) is 14.4 Å². The van der Waals surface area contributed by atoms with Crippen LogP contribution in [0.15, 0.2) is 30.3 Å². The maximum atomic E-state index is 13.9. The van der Waals surface area contributed by atoms with E-state index in [1.54, 1.807) is 0 Å². The van der Waals surface area contributed by atoms with E-state index in [1.807, 2.05) is 11.8 Å². The van der Waals surface area contributed by atoms with Gasteiger partial charge in [0.05, 0.1) is 6.04 Å². The predicted molar refractivity (Wildman–Crippen MR) is 159 cm³/mol. The van der Waals surface area contributed by atoms with Crippen LogP contribution in [0.3, 0.4) is 0 Å². The highest BCUT2D eigenvalue weighted by atomic mass is 16.2. The number of carbonyl (C=O) groups excluding carboxylic acids is 3. The van der Waals surface area contributed by atoms with Crippen LogP contribution in [-0.4, -0.2) is 60.4 Å². The van der Waals surface area contributed by atoms with E-state index in [4.69, 9.17) is 0 Å². The topological polar surface area (TPSA) is 90.5 Å². The van der Waals surface area contributed by atoms with Gasteiger partial charge in [-0.25, -0.2) is 0 Å². The lowest BCUT2D eigenvalue weighted by atomic mass is 9.74. The number of amides is 3. The summed E-state index contributed by atoms with van der Waals surface area (Å²) in [6.07, 6.45) is 15.3. The zero-order valence-corrected chi connectivity index (χ0v) is 24.4. The molecule has 218 valence electrons. The summed E-state index contributed by atoms with van der Waals surface area (Å²) in [4.78, 5) is 42.7. The number of nitrogens with one attached hydrogen (secondary N) is 3. The van der Waals surface area contributed by atoms with Gasteiger partial charge in [-0.15, -0.1) is 0 Å². The third-order valence-electron chi connectivity index (χ3n) is 10.1. The van der Waals surface area contributed by atoms with Gasteiger partial charge < -0.3 is 20.9 Å². The fraction of sp³-hybridized carbons (Fsp3) is 0.667. The molecule has 40 heavy (non-hydrogen) atoms. The zero-order chi connectivity index (χ0) is 28.1. The van der Waals surface area contributed by atoms with Gasteiger partial charge in [-0.1, -0.05) is 88.8 Å². The molecule has 2 saturated heterocycles. The first kappa shape index (κ1) is 28.8. The molecular formula is C33H48N4O3. The van der Waals surface area contributed by atoms with Gasteiger partial charge in [0.1, 0.15) is 12.1 Å². The van der Waals surface area contributed by atoms with E-state index in [-0.39, 0.29) is 35.1 Å². The number of likely N-dealkylation sites (tertiary alicyclic amines) is 1. The molecule has 7 heteroatoms. The van der Waals surface area contributed by atoms with Crippen LogP contribution in [0.5, 0.6) is 0 Å². The Kier molecular flexibility index (Phi) is 9.29. The predicted octanol–water partition coefficient (Wildman–Crippen LogP) is 4.31. The molecule has 7 nitrogen and oxygen atoms in total. The van der Waals surface area contributed by atoms with Crippen molar-refractivity contribution in [3.05, 3.63) is 41.5 Å². The van der Waals surface area contributed by atoms with Crippen LogP contribution in [0, 0.1) is 11.8 Å². The number of hydrogen-bond acceptors (Lipinski definition) is 4. The van der Waals surface area contributed by atoms with Crippen molar-refractivity contribution in [2.45, 2.75) is 108 Å². The highest BCUT2D eigenvalue weighted by molar-refractivity contribution is 5.93. The molecule has 3 amide bonds. The maximum absolute atomic E-state index is 13.9. The van der Waals surface area contributed by atoms with Gasteiger partial charge in [0, 0.05) is 18.5 Å². The summed E-state index contributed by atoms with van der Waals surface area (Å²) in [7, 11) is 0. The first-order valence-corrected chi connectivity index (χ1v) is 15.8. The first-order chi connectivity index (χ1) is 19.4. The average Bonchev–Trinajstić information content (AvgIpc) is 3.65. The lowest BCUT2D eigenvalue weighted by Gasteiger charge is -2.41. The third-order valence-corrected chi connectivity index (χ3v) is 10.1. The number of nitrogens with zero attached hydrogens (tertiary/aromatic N) is 1. The number of carbonyl (C=O) groups is 3. The van der Waals surface area contributed by atoms with Gasteiger partial charge in [0.15, 0.2) is 0 Å². The standard InChI is InChI=1S/C33H48N4O3/c1-3-23(2)29(32(40)37-20-17-33(18-21-37)16-15-25-12-7-8-13-26(25)33)36-31(39)28(22-24-10-5-4-6-11-24)35-30(38)27-14-9-19-34-27/h7-8,12-13,15-16,23-24,27-29,34H,3-6,9-11,14,17-22H2,1-2H3,(H,35,38)(H,36,39)/t23-,27?,28-,29-/m0/s1. The third kappa shape index (κ3) is 6.29. The smallest absolute Gasteiger partial charge is 0.245 e. The monoisotopic (exact) mass is 548 g/mol. The zero-order valence-electron chi connectivity index (χ0n) is 24.4. The Hall–Kier alpha value is -2.67. The molecule has 4 atom stereocenters. The Balaban J connectivity index is 1.25. The molecule has 2 aliphatic carbocycles. The fourth-order valence-electron chi connectivity index (χ4n) is 7.30. The summed E-state index contributed by atoms with van der Waals surface area (Å²) in [5, 5.41) is 9.48. The molecule has 3 N–H and O–H groups in total. The van der Waals surface area contributed by atoms with Crippen LogP contribution < -0.4 is 16.0 Å². The molecule has 1 unspecified atom stereocenters. The second kappa shape index (κ2) is 12.9. The number of hydrogen-bond donors (Lipinski definition) is 3. The second-order valence-electron chi connectivity index (χ2n) is 12.7. The molecule has 1 spiro atoms. The quantitative estimate of drug-likeness (QED) is 0.429. The van der Waals surface area contributed by atoms with Gasteiger partial charge >= 0.3 is 0 Å². The maximum Gasteiger partial charge on any atom is 0.245 e. The van der Waals surface area contributed by atoms with Crippen molar-refractivity contribution in [1.29, 1.82) is 0 Å². The SMILES string of the molecule is CC[C@H](C)[C@H](NC(=O)[C@H](CC1CCCCC1)NC(=O)C1CCCN1)C(=O)N1CCC2(C=Cc3ccccc32)CC1. The van der Waals surface area contributed by atoms with E-state index in [1.165, 1.54) is 30.4 Å². The van der Waals surface area contributed by atoms with Crippen LogP contribution in [0.1, 0.15) is 95.6 Å². The average molecular weight is 549 g/mol. The summed E-state index contributed by atoms with van der Waals surface area (Å²) in [5.41, 5.74) is 2.66. The van der Waals surface area contributed by atoms with Crippen molar-refractivity contribution in [2.24, 2.45) is 11.8 Å². The van der Waals surface area contributed by atoms with Crippen LogP contribution >= 0.6 is 0 Å². The summed E-state index contributed by atoms with van der Waals surface area (Å²) >= 11 is 0. The van der Waals surface area contributed by atoms with Crippen molar-refractivity contribution in [3.8, 4) is 0 Å². The minimum atomic E-state index is -0.609. The van der Waals surface area contributed by atoms with E-state index in [0.717, 1.165) is 51.5 Å². The van der Waals surface area contributed by atoms with Crippen molar-refractivity contribution >= 4 is 23.8 Å². The summed E-state index contributed by atoms with van der Waals surface area (Å²) < 4.78 is 0. The molecule has 0 radical (unpaired) electrons. The van der Waals surface area contributed by atoms with Crippen molar-refractivity contribution in [2.75, 3.05) is 19.6 Å². The molecular weight excluding hydrogens is 500 g/mol. The van der Waals surface area contributed by atoms with Crippen molar-refractivity contribution in [3.63, 3.8) is 0 Å². The summed E-state index contributed by atoms with van der Waals surface area (Å²) in [5.74, 6) is 0.137. The summed E-state index contributed by atoms with van der Waals surface area (Å²) in [6.45, 7) is 6.30. The molecule has 0 aromatic heterocycles. The number of benzene rings is 1. The Morgan fingerprint density at radius 1 is 1.02 bits per heavy atom. The fourth-order valence-corrected chi connectivity index (χ4v) is 7.30. The van der Waals surface area contributed by atoms with Crippen LogP contribution in [-0.2, 0) is 19.8 Å². The lowest BCUT2D eigenvalue weighted by Crippen LogP contribution is -2.59. The number of allylic oxidation sites excluding steroid dienone is 1. The van der Waals surface area contributed by atoms with E-state index in [0.29, 0.717) is 25.4 Å². The van der Waals surface area contributed by atoms with Gasteiger partial charge in [-0.05, 0) is 61.6 Å². The molecule has 2 aliphatic heterocycles. The highest BCUT2D eigenvalue weighted by Crippen LogP contribution is 2.43. The van der Waals surface area contributed by atoms with Gasteiger partial charge in [-0.2, -0.15) is 0 Å². The normalized spacial score (nSPS) is 24.4. The Morgan fingerprint density at radius 3 is 2.48 bits per heavy atom. The second-order valence-corrected chi connectivity index (χ2v) is 12.7. The Labute approximate surface area is 239 Å². The van der Waals surface area contributed by atoms with Crippen LogP contribution in [0.2, 0.25) is 0 Å². The lowest BCUT2D eigenvalue weighted by molar-refractivity contribution is -0.140. The molecule has 5 rings (SSSR count). The molecule has 4 aliphatic rings. The van der Waals surface area contributed by atoms with Crippen LogP contribution in [0.25, 0.3) is 6.08 Å². The van der Waals surface area contributed by atoms with Gasteiger partial charge in [0.2, 0.25) is 17.7 Å². The van der Waals surface area contributed by atoms with E-state index < -0.39 is 12.1 Å².